The summed E-state index contributed by atoms with van der Waals surface area (Å²) in [6, 6.07) is 9.67. The molecule has 0 unspecified atom stereocenters. The molecule has 5 heteroatoms. The predicted molar refractivity (Wildman–Crippen MR) is 78.1 cm³/mol. The molecule has 18 heavy (non-hydrogen) atoms. The van der Waals surface area contributed by atoms with Crippen LogP contribution in [0.1, 0.15) is 15.2 Å². The Morgan fingerprint density at radius 2 is 2.11 bits per heavy atom. The largest absolute Gasteiger partial charge is 0.382 e. The van der Waals surface area contributed by atoms with Gasteiger partial charge in [-0.2, -0.15) is 0 Å². The number of thioether (sulfide) groups is 1. The first kappa shape index (κ1) is 12.9. The van der Waals surface area contributed by atoms with Crippen LogP contribution in [0.4, 0.5) is 5.82 Å². The van der Waals surface area contributed by atoms with Crippen LogP contribution in [0.5, 0.6) is 0 Å². The van der Waals surface area contributed by atoms with Gasteiger partial charge < -0.3 is 5.73 Å². The van der Waals surface area contributed by atoms with Crippen LogP contribution in [-0.2, 0) is 0 Å². The van der Waals surface area contributed by atoms with Gasteiger partial charge in [0.15, 0.2) is 10.1 Å². The molecule has 92 valence electrons. The fourth-order valence-corrected chi connectivity index (χ4v) is 2.80. The molecular weight excluding hydrogens is 264 g/mol. The van der Waals surface area contributed by atoms with Crippen molar-refractivity contribution in [3.63, 3.8) is 0 Å². The number of allylic oxidation sites excluding steroid dienone is 1. The second-order valence-corrected chi connectivity index (χ2v) is 5.56. The van der Waals surface area contributed by atoms with Gasteiger partial charge in [-0.25, -0.2) is 4.98 Å². The third-order valence-electron chi connectivity index (χ3n) is 2.26. The van der Waals surface area contributed by atoms with E-state index in [1.807, 2.05) is 36.6 Å². The molecule has 0 atom stereocenters. The number of nitrogens with two attached hydrogens (primary N) is 1. The van der Waals surface area contributed by atoms with Crippen LogP contribution >= 0.6 is 23.1 Å². The van der Waals surface area contributed by atoms with E-state index in [2.05, 4.69) is 4.98 Å². The number of ketones is 1. The lowest BCUT2D eigenvalue weighted by Crippen LogP contribution is -1.96. The molecule has 3 nitrogen and oxygen atoms in total. The van der Waals surface area contributed by atoms with Crippen molar-refractivity contribution in [1.29, 1.82) is 0 Å². The lowest BCUT2D eigenvalue weighted by molar-refractivity contribution is 0.105. The zero-order valence-corrected chi connectivity index (χ0v) is 11.4. The summed E-state index contributed by atoms with van der Waals surface area (Å²) < 4.78 is 0.809. The van der Waals surface area contributed by atoms with Crippen LogP contribution in [0.15, 0.2) is 40.7 Å². The van der Waals surface area contributed by atoms with Crippen molar-refractivity contribution < 1.29 is 4.79 Å². The van der Waals surface area contributed by atoms with Gasteiger partial charge in [0.25, 0.3) is 0 Å². The van der Waals surface area contributed by atoms with E-state index < -0.39 is 0 Å². The number of anilines is 1. The highest BCUT2D eigenvalue weighted by molar-refractivity contribution is 8.00. The van der Waals surface area contributed by atoms with Crippen molar-refractivity contribution in [3.05, 3.63) is 46.8 Å². The number of nitrogen functional groups attached to an aromatic ring is 1. The summed E-state index contributed by atoms with van der Waals surface area (Å²) in [5.41, 5.74) is 6.70. The number of thiazole rings is 1. The van der Waals surface area contributed by atoms with Gasteiger partial charge in [-0.1, -0.05) is 48.2 Å². The van der Waals surface area contributed by atoms with Gasteiger partial charge >= 0.3 is 0 Å². The number of carbonyl (C=O) groups is 1. The molecule has 0 spiro atoms. The molecule has 0 amide bonds. The molecule has 1 aromatic heterocycles. The molecule has 1 aromatic carbocycles. The van der Waals surface area contributed by atoms with Crippen LogP contribution in [0.25, 0.3) is 6.08 Å². The minimum atomic E-state index is -0.103. The summed E-state index contributed by atoms with van der Waals surface area (Å²) >= 11 is 2.82. The molecule has 0 aliphatic carbocycles. The summed E-state index contributed by atoms with van der Waals surface area (Å²) in [5.74, 6) is 0.209. The van der Waals surface area contributed by atoms with Crippen molar-refractivity contribution in [2.45, 2.75) is 4.34 Å². The molecule has 0 saturated heterocycles. The summed E-state index contributed by atoms with van der Waals surface area (Å²) in [5, 5.41) is 0. The topological polar surface area (TPSA) is 56.0 Å². The predicted octanol–water partition coefficient (Wildman–Crippen LogP) is 3.34. The first-order chi connectivity index (χ1) is 8.70. The molecule has 0 aliphatic rings. The average molecular weight is 276 g/mol. The standard InChI is InChI=1S/C13H12N2OS2/c1-17-13-15-12(14)11(18-13)10(16)8-7-9-5-3-2-4-6-9/h2-8H,14H2,1H3/b8-7+. The molecule has 0 saturated carbocycles. The van der Waals surface area contributed by atoms with Gasteiger partial charge in [0.05, 0.1) is 0 Å². The van der Waals surface area contributed by atoms with Crippen molar-refractivity contribution in [1.82, 2.24) is 4.98 Å². The molecule has 0 aliphatic heterocycles. The van der Waals surface area contributed by atoms with E-state index in [1.54, 1.807) is 6.08 Å². The van der Waals surface area contributed by atoms with Crippen LogP contribution in [-0.4, -0.2) is 17.0 Å². The normalized spacial score (nSPS) is 10.9. The maximum Gasteiger partial charge on any atom is 0.199 e. The Balaban J connectivity index is 2.17. The highest BCUT2D eigenvalue weighted by atomic mass is 32.2. The molecule has 2 aromatic rings. The first-order valence-corrected chi connectivity index (χ1v) is 7.32. The van der Waals surface area contributed by atoms with Crippen molar-refractivity contribution in [2.75, 3.05) is 12.0 Å². The van der Waals surface area contributed by atoms with E-state index in [-0.39, 0.29) is 5.78 Å². The van der Waals surface area contributed by atoms with Gasteiger partial charge in [0.2, 0.25) is 0 Å². The summed E-state index contributed by atoms with van der Waals surface area (Å²) in [4.78, 5) is 16.6. The number of benzene rings is 1. The summed E-state index contributed by atoms with van der Waals surface area (Å²) in [6.07, 6.45) is 5.22. The van der Waals surface area contributed by atoms with E-state index >= 15 is 0 Å². The average Bonchev–Trinajstić information content (AvgIpc) is 2.78. The third kappa shape index (κ3) is 3.00. The molecular formula is C13H12N2OS2. The quantitative estimate of drug-likeness (QED) is 0.528. The molecule has 0 bridgehead atoms. The molecule has 1 heterocycles. The van der Waals surface area contributed by atoms with Crippen LogP contribution in [0.3, 0.4) is 0 Å². The number of nitrogens with zero attached hydrogens (tertiary/aromatic N) is 1. The second-order valence-electron chi connectivity index (χ2n) is 3.51. The van der Waals surface area contributed by atoms with Gasteiger partial charge in [0.1, 0.15) is 10.7 Å². The molecule has 0 fully saturated rings. The van der Waals surface area contributed by atoms with E-state index in [0.717, 1.165) is 9.90 Å². The Bertz CT molecular complexity index is 576. The first-order valence-electron chi connectivity index (χ1n) is 5.28. The zero-order chi connectivity index (χ0) is 13.0. The number of hydrogen-bond acceptors (Lipinski definition) is 5. The van der Waals surface area contributed by atoms with E-state index in [0.29, 0.717) is 10.7 Å². The van der Waals surface area contributed by atoms with Crippen LogP contribution < -0.4 is 5.73 Å². The van der Waals surface area contributed by atoms with E-state index in [1.165, 1.54) is 29.2 Å². The Hall–Kier alpha value is -1.59. The lowest BCUT2D eigenvalue weighted by atomic mass is 10.2. The van der Waals surface area contributed by atoms with Crippen LogP contribution in [0, 0.1) is 0 Å². The number of hydrogen-bond donors (Lipinski definition) is 1. The van der Waals surface area contributed by atoms with Gasteiger partial charge in [-0.3, -0.25) is 4.79 Å². The zero-order valence-electron chi connectivity index (χ0n) is 9.79. The van der Waals surface area contributed by atoms with Crippen LogP contribution in [0.2, 0.25) is 0 Å². The second kappa shape index (κ2) is 5.84. The number of aromatic nitrogens is 1. The van der Waals surface area contributed by atoms with E-state index in [9.17, 15) is 4.79 Å². The maximum absolute atomic E-state index is 12.0. The highest BCUT2D eigenvalue weighted by Crippen LogP contribution is 2.27. The summed E-state index contributed by atoms with van der Waals surface area (Å²) in [7, 11) is 0. The Morgan fingerprint density at radius 3 is 2.72 bits per heavy atom. The SMILES string of the molecule is CSc1nc(N)c(C(=O)/C=C/c2ccccc2)s1. The molecule has 2 N–H and O–H groups in total. The van der Waals surface area contributed by atoms with Crippen molar-refractivity contribution in [3.8, 4) is 0 Å². The maximum atomic E-state index is 12.0. The molecule has 2 rings (SSSR count). The van der Waals surface area contributed by atoms with E-state index in [4.69, 9.17) is 5.73 Å². The fraction of sp³-hybridized carbons (Fsp3) is 0.0769. The Morgan fingerprint density at radius 1 is 1.39 bits per heavy atom. The number of rotatable bonds is 4. The third-order valence-corrected chi connectivity index (χ3v) is 4.33. The van der Waals surface area contributed by atoms with Gasteiger partial charge in [-0.15, -0.1) is 11.3 Å². The Labute approximate surface area is 114 Å². The molecule has 0 radical (unpaired) electrons. The van der Waals surface area contributed by atoms with Crippen molar-refractivity contribution in [2.24, 2.45) is 0 Å². The summed E-state index contributed by atoms with van der Waals surface area (Å²) in [6.45, 7) is 0. The Kier molecular flexibility index (Phi) is 4.17. The highest BCUT2D eigenvalue weighted by Gasteiger charge is 2.13. The van der Waals surface area contributed by atoms with Gasteiger partial charge in [0, 0.05) is 0 Å². The van der Waals surface area contributed by atoms with Crippen molar-refractivity contribution >= 4 is 40.8 Å². The smallest absolute Gasteiger partial charge is 0.199 e. The monoisotopic (exact) mass is 276 g/mol. The van der Waals surface area contributed by atoms with Gasteiger partial charge in [-0.05, 0) is 17.9 Å². The number of carbonyl (C=O) groups excluding carboxylic acids is 1. The minimum Gasteiger partial charge on any atom is -0.382 e. The lowest BCUT2D eigenvalue weighted by Gasteiger charge is -1.92. The fourth-order valence-electron chi connectivity index (χ4n) is 1.39. The minimum absolute atomic E-state index is 0.103.